The van der Waals surface area contributed by atoms with Crippen LogP contribution in [-0.2, 0) is 25.6 Å². The molecule has 8 atom stereocenters. The molecule has 202 valence electrons. The number of carbonyl (C=O) groups excluding carboxylic acids is 2. The van der Waals surface area contributed by atoms with Crippen molar-refractivity contribution in [3.63, 3.8) is 0 Å². The summed E-state index contributed by atoms with van der Waals surface area (Å²) in [5, 5.41) is 13.6. The molecule has 1 heterocycles. The minimum Gasteiger partial charge on any atom is -0.462 e. The number of ether oxygens (including phenoxy) is 2. The molecule has 1 aromatic rings. The second-order valence-electron chi connectivity index (χ2n) is 11.3. The minimum atomic E-state index is -0.617. The second kappa shape index (κ2) is 12.9. The molecule has 0 radical (unpaired) electrons. The van der Waals surface area contributed by atoms with Crippen LogP contribution in [0.25, 0.3) is 0 Å². The SMILES string of the molecule is CCC(C)C(=O)O[C@H]1C[C@H](CNCc2ccccc2)C=C2C=C[C@H](C)[C@H](CC[C@@H]3C[C@@H](O)CC(=O)O3)[C@H]21. The third-order valence-electron chi connectivity index (χ3n) is 8.40. The van der Waals surface area contributed by atoms with E-state index in [0.29, 0.717) is 18.8 Å². The maximum atomic E-state index is 12.9. The van der Waals surface area contributed by atoms with Gasteiger partial charge >= 0.3 is 11.9 Å². The molecule has 0 spiro atoms. The fourth-order valence-electron chi connectivity index (χ4n) is 6.09. The lowest BCUT2D eigenvalue weighted by Crippen LogP contribution is -2.43. The van der Waals surface area contributed by atoms with Gasteiger partial charge in [0.2, 0.25) is 0 Å². The Morgan fingerprint density at radius 2 is 2.00 bits per heavy atom. The first-order valence-electron chi connectivity index (χ1n) is 14.1. The number of rotatable bonds is 10. The molecule has 1 aromatic carbocycles. The van der Waals surface area contributed by atoms with Gasteiger partial charge in [-0.1, -0.05) is 69.3 Å². The van der Waals surface area contributed by atoms with Gasteiger partial charge in [-0.2, -0.15) is 0 Å². The largest absolute Gasteiger partial charge is 0.462 e. The van der Waals surface area contributed by atoms with Crippen LogP contribution in [-0.4, -0.2) is 41.9 Å². The van der Waals surface area contributed by atoms with E-state index in [1.165, 1.54) is 11.1 Å². The number of hydrogen-bond donors (Lipinski definition) is 2. The van der Waals surface area contributed by atoms with Crippen molar-refractivity contribution in [2.45, 2.75) is 84.2 Å². The average molecular weight is 510 g/mol. The molecule has 0 aromatic heterocycles. The van der Waals surface area contributed by atoms with Crippen LogP contribution in [0, 0.1) is 29.6 Å². The quantitative estimate of drug-likeness (QED) is 0.434. The Labute approximate surface area is 221 Å². The lowest BCUT2D eigenvalue weighted by Gasteiger charge is -2.44. The molecule has 2 N–H and O–H groups in total. The Morgan fingerprint density at radius 3 is 2.73 bits per heavy atom. The molecule has 2 aliphatic carbocycles. The smallest absolute Gasteiger partial charge is 0.308 e. The van der Waals surface area contributed by atoms with Gasteiger partial charge in [-0.3, -0.25) is 9.59 Å². The van der Waals surface area contributed by atoms with Gasteiger partial charge < -0.3 is 19.9 Å². The Balaban J connectivity index is 1.48. The van der Waals surface area contributed by atoms with Gasteiger partial charge in [0.05, 0.1) is 18.4 Å². The van der Waals surface area contributed by atoms with Crippen molar-refractivity contribution >= 4 is 11.9 Å². The van der Waals surface area contributed by atoms with Crippen LogP contribution < -0.4 is 5.32 Å². The van der Waals surface area contributed by atoms with Crippen molar-refractivity contribution in [2.24, 2.45) is 29.6 Å². The lowest BCUT2D eigenvalue weighted by molar-refractivity contribution is -0.162. The molecule has 6 nitrogen and oxygen atoms in total. The zero-order valence-corrected chi connectivity index (χ0v) is 22.5. The molecule has 37 heavy (non-hydrogen) atoms. The summed E-state index contributed by atoms with van der Waals surface area (Å²) in [6.45, 7) is 7.81. The van der Waals surface area contributed by atoms with Crippen LogP contribution in [0.2, 0.25) is 0 Å². The van der Waals surface area contributed by atoms with Gasteiger partial charge in [-0.25, -0.2) is 0 Å². The number of esters is 2. The van der Waals surface area contributed by atoms with Gasteiger partial charge in [0, 0.05) is 25.4 Å². The normalized spacial score (nSPS) is 32.2. The third kappa shape index (κ3) is 7.32. The van der Waals surface area contributed by atoms with Crippen LogP contribution in [0.1, 0.15) is 64.9 Å². The number of fused-ring (bicyclic) bond motifs is 1. The van der Waals surface area contributed by atoms with Crippen molar-refractivity contribution in [3.8, 4) is 0 Å². The van der Waals surface area contributed by atoms with Gasteiger partial charge in [-0.15, -0.1) is 0 Å². The van der Waals surface area contributed by atoms with Crippen LogP contribution in [0.5, 0.6) is 0 Å². The molecule has 1 saturated heterocycles. The molecule has 0 bridgehead atoms. The molecule has 3 aliphatic rings. The number of allylic oxidation sites excluding steroid dienone is 2. The van der Waals surface area contributed by atoms with E-state index in [0.717, 1.165) is 32.4 Å². The number of cyclic esters (lactones) is 1. The van der Waals surface area contributed by atoms with E-state index in [1.807, 2.05) is 19.9 Å². The van der Waals surface area contributed by atoms with E-state index in [9.17, 15) is 14.7 Å². The number of nitrogens with one attached hydrogen (secondary N) is 1. The maximum Gasteiger partial charge on any atom is 0.308 e. The highest BCUT2D eigenvalue weighted by Gasteiger charge is 2.42. The molecule has 1 aliphatic heterocycles. The molecule has 1 fully saturated rings. The van der Waals surface area contributed by atoms with E-state index in [2.05, 4.69) is 54.7 Å². The van der Waals surface area contributed by atoms with Crippen molar-refractivity contribution in [1.82, 2.24) is 5.32 Å². The fraction of sp³-hybridized carbons (Fsp3) is 0.613. The Morgan fingerprint density at radius 1 is 1.22 bits per heavy atom. The summed E-state index contributed by atoms with van der Waals surface area (Å²) in [4.78, 5) is 24.8. The zero-order valence-electron chi connectivity index (χ0n) is 22.5. The van der Waals surface area contributed by atoms with Gasteiger partial charge in [-0.05, 0) is 54.6 Å². The summed E-state index contributed by atoms with van der Waals surface area (Å²) < 4.78 is 11.8. The number of carbonyl (C=O) groups is 2. The molecular weight excluding hydrogens is 466 g/mol. The molecule has 0 amide bonds. The average Bonchev–Trinajstić information content (AvgIpc) is 2.88. The summed E-state index contributed by atoms with van der Waals surface area (Å²) in [5.41, 5.74) is 2.51. The van der Waals surface area contributed by atoms with Gasteiger partial charge in [0.25, 0.3) is 0 Å². The first-order valence-corrected chi connectivity index (χ1v) is 14.1. The van der Waals surface area contributed by atoms with Crippen LogP contribution in [0.4, 0.5) is 0 Å². The van der Waals surface area contributed by atoms with E-state index in [4.69, 9.17) is 9.47 Å². The summed E-state index contributed by atoms with van der Waals surface area (Å²) in [6.07, 6.45) is 9.52. The van der Waals surface area contributed by atoms with Crippen LogP contribution in [0.15, 0.2) is 54.1 Å². The molecule has 6 heteroatoms. The third-order valence-corrected chi connectivity index (χ3v) is 8.40. The molecule has 0 saturated carbocycles. The first kappa shape index (κ1) is 27.6. The standard InChI is InChI=1S/C31H43NO5/c1-4-20(2)31(35)37-28-15-23(19-32-18-22-8-6-5-7-9-22)14-24-11-10-21(3)27(30(24)28)13-12-26-16-25(33)17-29(34)36-26/h5-11,14,20-21,23,25-28,30,32-33H,4,12-13,15-19H2,1-3H3/t20?,21-,23+,25+,26+,27-,28-,30-/m0/s1. The summed E-state index contributed by atoms with van der Waals surface area (Å²) >= 11 is 0. The number of benzene rings is 1. The van der Waals surface area contributed by atoms with E-state index in [-0.39, 0.29) is 54.2 Å². The monoisotopic (exact) mass is 509 g/mol. The van der Waals surface area contributed by atoms with Crippen molar-refractivity contribution in [3.05, 3.63) is 59.7 Å². The van der Waals surface area contributed by atoms with E-state index < -0.39 is 6.10 Å². The van der Waals surface area contributed by atoms with Crippen molar-refractivity contribution in [1.29, 1.82) is 0 Å². The van der Waals surface area contributed by atoms with Gasteiger partial charge in [0.15, 0.2) is 0 Å². The van der Waals surface area contributed by atoms with Crippen molar-refractivity contribution < 1.29 is 24.2 Å². The number of hydrogen-bond acceptors (Lipinski definition) is 6. The van der Waals surface area contributed by atoms with Crippen LogP contribution >= 0.6 is 0 Å². The molecule has 1 unspecified atom stereocenters. The maximum absolute atomic E-state index is 12.9. The molecule has 4 rings (SSSR count). The number of aliphatic hydroxyl groups is 1. The predicted octanol–water partition coefficient (Wildman–Crippen LogP) is 4.97. The Bertz CT molecular complexity index is 973. The van der Waals surface area contributed by atoms with E-state index in [1.54, 1.807) is 0 Å². The zero-order chi connectivity index (χ0) is 26.4. The molecular formula is C31H43NO5. The highest BCUT2D eigenvalue weighted by atomic mass is 16.5. The van der Waals surface area contributed by atoms with Gasteiger partial charge in [0.1, 0.15) is 12.2 Å². The number of aliphatic hydroxyl groups excluding tert-OH is 1. The highest BCUT2D eigenvalue weighted by molar-refractivity contribution is 5.72. The van der Waals surface area contributed by atoms with Crippen molar-refractivity contribution in [2.75, 3.05) is 6.54 Å². The topological polar surface area (TPSA) is 84.9 Å². The highest BCUT2D eigenvalue weighted by Crippen LogP contribution is 2.45. The predicted molar refractivity (Wildman–Crippen MR) is 143 cm³/mol. The summed E-state index contributed by atoms with van der Waals surface area (Å²) in [7, 11) is 0. The summed E-state index contributed by atoms with van der Waals surface area (Å²) in [5.74, 6) is 0.452. The van der Waals surface area contributed by atoms with Crippen LogP contribution in [0.3, 0.4) is 0 Å². The second-order valence-corrected chi connectivity index (χ2v) is 11.3. The van der Waals surface area contributed by atoms with E-state index >= 15 is 0 Å². The fourth-order valence-corrected chi connectivity index (χ4v) is 6.09. The Hall–Kier alpha value is -2.44. The lowest BCUT2D eigenvalue weighted by atomic mass is 9.65. The first-order chi connectivity index (χ1) is 17.8. The summed E-state index contributed by atoms with van der Waals surface area (Å²) in [6, 6.07) is 10.4. The Kier molecular flexibility index (Phi) is 9.60. The minimum absolute atomic E-state index is 0.0852.